The second-order valence-corrected chi connectivity index (χ2v) is 9.13. The first-order valence-electron chi connectivity index (χ1n) is 11.3. The number of hydrogen-bond acceptors (Lipinski definition) is 3. The quantitative estimate of drug-likeness (QED) is 0.520. The molecule has 2 aliphatic rings. The second-order valence-electron chi connectivity index (χ2n) is 9.13. The monoisotopic (exact) mass is 425 g/mol. The van der Waals surface area contributed by atoms with E-state index in [1.807, 2.05) is 72.8 Å². The lowest BCUT2D eigenvalue weighted by Crippen LogP contribution is -2.46. The highest BCUT2D eigenvalue weighted by atomic mass is 16.5. The molecule has 2 amide bonds. The van der Waals surface area contributed by atoms with Gasteiger partial charge in [-0.25, -0.2) is 0 Å². The number of carbonyl (C=O) groups is 2. The molecular weight excluding hydrogens is 398 g/mol. The van der Waals surface area contributed by atoms with Crippen molar-refractivity contribution in [1.29, 1.82) is 0 Å². The Bertz CT molecular complexity index is 1230. The van der Waals surface area contributed by atoms with Gasteiger partial charge in [-0.05, 0) is 52.8 Å². The van der Waals surface area contributed by atoms with Crippen LogP contribution in [0.1, 0.15) is 42.6 Å². The van der Waals surface area contributed by atoms with Crippen molar-refractivity contribution in [3.05, 3.63) is 95.1 Å². The summed E-state index contributed by atoms with van der Waals surface area (Å²) >= 11 is 0. The molecule has 4 nitrogen and oxygen atoms in total. The maximum atomic E-state index is 13.8. The summed E-state index contributed by atoms with van der Waals surface area (Å²) in [6.07, 6.45) is 1.35. The first-order valence-corrected chi connectivity index (χ1v) is 11.3. The van der Waals surface area contributed by atoms with Crippen molar-refractivity contribution in [2.75, 3.05) is 13.2 Å². The Balaban J connectivity index is 1.53. The van der Waals surface area contributed by atoms with Gasteiger partial charge in [0.05, 0.1) is 12.2 Å². The molecule has 2 aliphatic heterocycles. The third kappa shape index (κ3) is 3.35. The van der Waals surface area contributed by atoms with Crippen molar-refractivity contribution in [2.24, 2.45) is 5.92 Å². The van der Waals surface area contributed by atoms with E-state index in [4.69, 9.17) is 4.74 Å². The number of benzene rings is 3. The Morgan fingerprint density at radius 1 is 1.00 bits per heavy atom. The van der Waals surface area contributed by atoms with Gasteiger partial charge in [-0.3, -0.25) is 14.5 Å². The van der Waals surface area contributed by atoms with Crippen LogP contribution in [0, 0.1) is 5.92 Å². The molecule has 5 rings (SSSR count). The molecule has 4 heteroatoms. The molecule has 0 aliphatic carbocycles. The van der Waals surface area contributed by atoms with E-state index >= 15 is 0 Å². The highest BCUT2D eigenvalue weighted by Crippen LogP contribution is 2.48. The van der Waals surface area contributed by atoms with Crippen molar-refractivity contribution in [1.82, 2.24) is 4.90 Å². The van der Waals surface area contributed by atoms with E-state index in [0.29, 0.717) is 43.0 Å². The number of carbonyl (C=O) groups excluding carboxylic acids is 2. The molecule has 32 heavy (non-hydrogen) atoms. The fourth-order valence-electron chi connectivity index (χ4n) is 5.11. The summed E-state index contributed by atoms with van der Waals surface area (Å²) in [6.45, 7) is 5.11. The van der Waals surface area contributed by atoms with Gasteiger partial charge >= 0.3 is 0 Å². The van der Waals surface area contributed by atoms with E-state index in [-0.39, 0.29) is 11.8 Å². The number of hydrogen-bond donors (Lipinski definition) is 0. The fourth-order valence-corrected chi connectivity index (χ4v) is 5.11. The lowest BCUT2D eigenvalue weighted by atomic mass is 9.77. The van der Waals surface area contributed by atoms with Crippen LogP contribution in [0.3, 0.4) is 0 Å². The van der Waals surface area contributed by atoms with Crippen molar-refractivity contribution < 1.29 is 14.3 Å². The van der Waals surface area contributed by atoms with Crippen LogP contribution in [0.15, 0.2) is 83.9 Å². The Kier molecular flexibility index (Phi) is 5.18. The van der Waals surface area contributed by atoms with Crippen LogP contribution in [0.25, 0.3) is 10.8 Å². The van der Waals surface area contributed by atoms with E-state index in [9.17, 15) is 9.59 Å². The summed E-state index contributed by atoms with van der Waals surface area (Å²) in [5.74, 6) is -0.140. The molecule has 1 unspecified atom stereocenters. The van der Waals surface area contributed by atoms with Gasteiger partial charge in [0.2, 0.25) is 0 Å². The number of imide groups is 1. The fraction of sp³-hybridized carbons (Fsp3) is 0.286. The Morgan fingerprint density at radius 2 is 1.72 bits per heavy atom. The maximum absolute atomic E-state index is 13.8. The van der Waals surface area contributed by atoms with Gasteiger partial charge < -0.3 is 4.74 Å². The van der Waals surface area contributed by atoms with E-state index < -0.39 is 5.60 Å². The molecule has 0 spiro atoms. The van der Waals surface area contributed by atoms with E-state index in [1.165, 1.54) is 4.90 Å². The molecule has 0 fully saturated rings. The van der Waals surface area contributed by atoms with Gasteiger partial charge in [0, 0.05) is 12.1 Å². The summed E-state index contributed by atoms with van der Waals surface area (Å²) in [6, 6.07) is 23.5. The minimum atomic E-state index is -0.801. The van der Waals surface area contributed by atoms with Crippen LogP contribution < -0.4 is 0 Å². The minimum absolute atomic E-state index is 0.216. The molecule has 0 N–H and O–H groups in total. The van der Waals surface area contributed by atoms with Crippen molar-refractivity contribution in [3.8, 4) is 0 Å². The SMILES string of the molecule is CC(C)CC1(c2ccccc2)OCC2=C1C(=O)N(C(=O)c1ccc3ccccc3c1)CC2. The average Bonchev–Trinajstić information content (AvgIpc) is 3.19. The van der Waals surface area contributed by atoms with Crippen LogP contribution in [-0.4, -0.2) is 29.9 Å². The number of rotatable bonds is 4. The zero-order valence-corrected chi connectivity index (χ0v) is 18.5. The van der Waals surface area contributed by atoms with Crippen LogP contribution in [0.4, 0.5) is 0 Å². The standard InChI is InChI=1S/C28H27NO3/c1-19(2)17-28(24-10-4-3-5-11-24)25-23(18-32-28)14-15-29(27(25)31)26(30)22-13-12-20-8-6-7-9-21(20)16-22/h3-13,16,19H,14-15,17-18H2,1-2H3. The first-order chi connectivity index (χ1) is 15.5. The average molecular weight is 426 g/mol. The molecule has 0 radical (unpaired) electrons. The number of ether oxygens (including phenoxy) is 1. The highest BCUT2D eigenvalue weighted by Gasteiger charge is 2.50. The zero-order valence-electron chi connectivity index (χ0n) is 18.5. The van der Waals surface area contributed by atoms with E-state index in [0.717, 1.165) is 21.9 Å². The van der Waals surface area contributed by atoms with Gasteiger partial charge in [0.1, 0.15) is 5.60 Å². The third-order valence-electron chi connectivity index (χ3n) is 6.52. The van der Waals surface area contributed by atoms with Gasteiger partial charge in [0.25, 0.3) is 11.8 Å². The summed E-state index contributed by atoms with van der Waals surface area (Å²) in [5.41, 5.74) is 2.41. The van der Waals surface area contributed by atoms with E-state index in [1.54, 1.807) is 0 Å². The van der Waals surface area contributed by atoms with Gasteiger partial charge in [-0.15, -0.1) is 0 Å². The Morgan fingerprint density at radius 3 is 2.47 bits per heavy atom. The van der Waals surface area contributed by atoms with Gasteiger partial charge in [-0.1, -0.05) is 74.5 Å². The van der Waals surface area contributed by atoms with Crippen molar-refractivity contribution in [2.45, 2.75) is 32.3 Å². The predicted octanol–water partition coefficient (Wildman–Crippen LogP) is 5.48. The summed E-state index contributed by atoms with van der Waals surface area (Å²) in [7, 11) is 0. The molecule has 1 atom stereocenters. The molecule has 0 bridgehead atoms. The van der Waals surface area contributed by atoms with Crippen LogP contribution >= 0.6 is 0 Å². The van der Waals surface area contributed by atoms with Gasteiger partial charge in [-0.2, -0.15) is 0 Å². The van der Waals surface area contributed by atoms with Crippen LogP contribution in [0.2, 0.25) is 0 Å². The lowest BCUT2D eigenvalue weighted by Gasteiger charge is -2.36. The molecule has 3 aromatic carbocycles. The normalized spacial score (nSPS) is 20.8. The van der Waals surface area contributed by atoms with Crippen molar-refractivity contribution >= 4 is 22.6 Å². The van der Waals surface area contributed by atoms with Crippen molar-refractivity contribution in [3.63, 3.8) is 0 Å². The van der Waals surface area contributed by atoms with Gasteiger partial charge in [0.15, 0.2) is 0 Å². The molecule has 0 saturated heterocycles. The molecule has 162 valence electrons. The molecule has 0 aromatic heterocycles. The first kappa shape index (κ1) is 20.7. The van der Waals surface area contributed by atoms with Crippen LogP contribution in [-0.2, 0) is 15.1 Å². The Labute approximate surface area is 188 Å². The topological polar surface area (TPSA) is 46.6 Å². The second kappa shape index (κ2) is 8.03. The Hall–Kier alpha value is -3.24. The third-order valence-corrected chi connectivity index (χ3v) is 6.52. The molecule has 2 heterocycles. The smallest absolute Gasteiger partial charge is 0.260 e. The molecule has 3 aromatic rings. The lowest BCUT2D eigenvalue weighted by molar-refractivity contribution is -0.128. The number of fused-ring (bicyclic) bond motifs is 1. The minimum Gasteiger partial charge on any atom is -0.361 e. The summed E-state index contributed by atoms with van der Waals surface area (Å²) in [4.78, 5) is 28.7. The maximum Gasteiger partial charge on any atom is 0.260 e. The summed E-state index contributed by atoms with van der Waals surface area (Å²) < 4.78 is 6.41. The number of nitrogens with zero attached hydrogens (tertiary/aromatic N) is 1. The predicted molar refractivity (Wildman–Crippen MR) is 125 cm³/mol. The largest absolute Gasteiger partial charge is 0.361 e. The molecular formula is C28H27NO3. The summed E-state index contributed by atoms with van der Waals surface area (Å²) in [5, 5.41) is 2.06. The highest BCUT2D eigenvalue weighted by molar-refractivity contribution is 6.12. The zero-order chi connectivity index (χ0) is 22.3. The van der Waals surface area contributed by atoms with Crippen LogP contribution in [0.5, 0.6) is 0 Å². The number of amides is 2. The molecule has 0 saturated carbocycles. The van der Waals surface area contributed by atoms with E-state index in [2.05, 4.69) is 13.8 Å².